The standard InChI is InChI=1S/C28H18ClN3O4/c1-15-6-11-18(12-19(15)27(33)34)35-28-31-23-13-20(21(29)14-24(23)32-28)16-7-9-17(10-8-16)26-30-22-4-2-3-5-25(22)36-26/h2-14H,1H3,(H,31,32)(H,33,34). The van der Waals surface area contributed by atoms with Gasteiger partial charge in [-0.3, -0.25) is 0 Å². The largest absolute Gasteiger partial charge is 0.478 e. The molecular weight excluding hydrogens is 478 g/mol. The molecule has 0 radical (unpaired) electrons. The Morgan fingerprint density at radius 2 is 1.72 bits per heavy atom. The van der Waals surface area contributed by atoms with Gasteiger partial charge in [0.25, 0.3) is 6.01 Å². The third-order valence-electron chi connectivity index (χ3n) is 5.94. The second kappa shape index (κ2) is 8.55. The minimum absolute atomic E-state index is 0.176. The molecule has 0 atom stereocenters. The maximum Gasteiger partial charge on any atom is 0.336 e. The lowest BCUT2D eigenvalue weighted by Gasteiger charge is -2.05. The van der Waals surface area contributed by atoms with E-state index in [1.54, 1.807) is 25.1 Å². The minimum Gasteiger partial charge on any atom is -0.478 e. The molecule has 176 valence electrons. The Kier molecular flexibility index (Phi) is 5.20. The number of carboxylic acids is 1. The molecule has 0 amide bonds. The maximum atomic E-state index is 11.4. The van der Waals surface area contributed by atoms with E-state index in [-0.39, 0.29) is 11.6 Å². The van der Waals surface area contributed by atoms with Gasteiger partial charge in [0.1, 0.15) is 11.3 Å². The number of aromatic amines is 1. The number of aromatic carboxylic acids is 1. The molecule has 0 aliphatic heterocycles. The molecule has 6 rings (SSSR count). The minimum atomic E-state index is -1.01. The van der Waals surface area contributed by atoms with Gasteiger partial charge in [-0.2, -0.15) is 4.98 Å². The number of hydrogen-bond donors (Lipinski definition) is 2. The Morgan fingerprint density at radius 1 is 0.944 bits per heavy atom. The van der Waals surface area contributed by atoms with Crippen LogP contribution in [0.5, 0.6) is 11.8 Å². The number of aromatic nitrogens is 3. The summed E-state index contributed by atoms with van der Waals surface area (Å²) >= 11 is 6.61. The van der Waals surface area contributed by atoms with E-state index in [1.165, 1.54) is 6.07 Å². The van der Waals surface area contributed by atoms with Crippen molar-refractivity contribution in [2.24, 2.45) is 0 Å². The lowest BCUT2D eigenvalue weighted by Crippen LogP contribution is -2.00. The van der Waals surface area contributed by atoms with Crippen LogP contribution in [0.25, 0.3) is 44.7 Å². The van der Waals surface area contributed by atoms with E-state index in [0.29, 0.717) is 33.3 Å². The fraction of sp³-hybridized carbons (Fsp3) is 0.0357. The van der Waals surface area contributed by atoms with E-state index in [2.05, 4.69) is 15.0 Å². The monoisotopic (exact) mass is 495 g/mol. The number of aryl methyl sites for hydroxylation is 1. The summed E-state index contributed by atoms with van der Waals surface area (Å²) in [4.78, 5) is 23.6. The van der Waals surface area contributed by atoms with E-state index in [4.69, 9.17) is 20.8 Å². The number of carboxylic acid groups (broad SMARTS) is 1. The van der Waals surface area contributed by atoms with Crippen molar-refractivity contribution in [3.8, 4) is 34.3 Å². The highest BCUT2D eigenvalue weighted by molar-refractivity contribution is 6.34. The zero-order valence-corrected chi connectivity index (χ0v) is 19.7. The molecule has 0 fully saturated rings. The summed E-state index contributed by atoms with van der Waals surface area (Å²) in [5.74, 6) is -0.0835. The number of imidazole rings is 1. The second-order valence-electron chi connectivity index (χ2n) is 8.34. The fourth-order valence-electron chi connectivity index (χ4n) is 4.07. The zero-order chi connectivity index (χ0) is 24.8. The summed E-state index contributed by atoms with van der Waals surface area (Å²) in [7, 11) is 0. The number of fused-ring (bicyclic) bond motifs is 2. The number of nitrogens with one attached hydrogen (secondary N) is 1. The molecule has 0 unspecified atom stereocenters. The van der Waals surface area contributed by atoms with E-state index in [9.17, 15) is 9.90 Å². The number of para-hydroxylation sites is 2. The highest BCUT2D eigenvalue weighted by atomic mass is 35.5. The summed E-state index contributed by atoms with van der Waals surface area (Å²) in [6.45, 7) is 1.73. The van der Waals surface area contributed by atoms with Crippen LogP contribution in [0.2, 0.25) is 5.02 Å². The molecule has 4 aromatic carbocycles. The van der Waals surface area contributed by atoms with E-state index < -0.39 is 5.97 Å². The Balaban J connectivity index is 1.30. The number of nitrogens with zero attached hydrogens (tertiary/aromatic N) is 2. The van der Waals surface area contributed by atoms with Crippen LogP contribution in [0, 0.1) is 6.92 Å². The number of benzene rings is 4. The van der Waals surface area contributed by atoms with Gasteiger partial charge >= 0.3 is 5.97 Å². The SMILES string of the molecule is Cc1ccc(Oc2nc3cc(-c4ccc(-c5nc6ccccc6o5)cc4)c(Cl)cc3[nH]2)cc1C(=O)O. The molecule has 0 bridgehead atoms. The Bertz CT molecular complexity index is 1740. The molecular formula is C28H18ClN3O4. The van der Waals surface area contributed by atoms with Gasteiger partial charge in [-0.15, -0.1) is 0 Å². The van der Waals surface area contributed by atoms with Gasteiger partial charge in [-0.1, -0.05) is 41.9 Å². The first-order valence-electron chi connectivity index (χ1n) is 11.1. The molecule has 0 spiro atoms. The smallest absolute Gasteiger partial charge is 0.336 e. The summed E-state index contributed by atoms with van der Waals surface area (Å²) in [6.07, 6.45) is 0. The normalized spacial score (nSPS) is 11.3. The van der Waals surface area contributed by atoms with E-state index in [0.717, 1.165) is 27.8 Å². The van der Waals surface area contributed by atoms with Crippen LogP contribution in [0.15, 0.2) is 83.3 Å². The van der Waals surface area contributed by atoms with Crippen LogP contribution in [-0.2, 0) is 0 Å². The van der Waals surface area contributed by atoms with Crippen molar-refractivity contribution in [2.75, 3.05) is 0 Å². The van der Waals surface area contributed by atoms with E-state index in [1.807, 2.05) is 54.6 Å². The first kappa shape index (κ1) is 21.9. The number of hydrogen-bond acceptors (Lipinski definition) is 5. The molecule has 8 heteroatoms. The third-order valence-corrected chi connectivity index (χ3v) is 6.25. The van der Waals surface area contributed by atoms with Gasteiger partial charge in [-0.05, 0) is 66.6 Å². The van der Waals surface area contributed by atoms with Gasteiger partial charge in [0.2, 0.25) is 5.89 Å². The molecule has 2 aromatic heterocycles. The first-order valence-corrected chi connectivity index (χ1v) is 11.5. The van der Waals surface area contributed by atoms with Crippen molar-refractivity contribution < 1.29 is 19.1 Å². The van der Waals surface area contributed by atoms with Gasteiger partial charge in [0.15, 0.2) is 5.58 Å². The van der Waals surface area contributed by atoms with Crippen molar-refractivity contribution in [2.45, 2.75) is 6.92 Å². The number of carbonyl (C=O) groups is 1. The molecule has 2 heterocycles. The predicted molar refractivity (Wildman–Crippen MR) is 138 cm³/mol. The van der Waals surface area contributed by atoms with Gasteiger partial charge < -0.3 is 19.2 Å². The van der Waals surface area contributed by atoms with Crippen LogP contribution >= 0.6 is 11.6 Å². The Labute approximate surface area is 210 Å². The van der Waals surface area contributed by atoms with Gasteiger partial charge in [0.05, 0.1) is 21.6 Å². The molecule has 2 N–H and O–H groups in total. The topological polar surface area (TPSA) is 101 Å². The first-order chi connectivity index (χ1) is 17.4. The van der Waals surface area contributed by atoms with E-state index >= 15 is 0 Å². The second-order valence-corrected chi connectivity index (χ2v) is 8.75. The summed E-state index contributed by atoms with van der Waals surface area (Å²) in [5, 5.41) is 9.90. The van der Waals surface area contributed by atoms with Gasteiger partial charge in [-0.25, -0.2) is 9.78 Å². The molecule has 0 aliphatic carbocycles. The zero-order valence-electron chi connectivity index (χ0n) is 18.9. The Hall–Kier alpha value is -4.62. The van der Waals surface area contributed by atoms with Crippen LogP contribution in [0.1, 0.15) is 15.9 Å². The van der Waals surface area contributed by atoms with Crippen molar-refractivity contribution in [3.63, 3.8) is 0 Å². The van der Waals surface area contributed by atoms with Crippen LogP contribution < -0.4 is 4.74 Å². The van der Waals surface area contributed by atoms with Crippen LogP contribution in [0.4, 0.5) is 0 Å². The van der Waals surface area contributed by atoms with Crippen molar-refractivity contribution in [1.82, 2.24) is 15.0 Å². The maximum absolute atomic E-state index is 11.4. The number of rotatable bonds is 5. The molecule has 36 heavy (non-hydrogen) atoms. The quantitative estimate of drug-likeness (QED) is 0.257. The molecule has 6 aromatic rings. The van der Waals surface area contributed by atoms with Crippen molar-refractivity contribution in [3.05, 3.63) is 95.0 Å². The number of oxazole rings is 1. The summed E-state index contributed by atoms with van der Waals surface area (Å²) in [6, 6.07) is 24.2. The summed E-state index contributed by atoms with van der Waals surface area (Å²) in [5.41, 5.74) is 6.34. The average Bonchev–Trinajstić information content (AvgIpc) is 3.48. The lowest BCUT2D eigenvalue weighted by atomic mass is 10.0. The molecule has 0 aliphatic rings. The predicted octanol–water partition coefficient (Wildman–Crippen LogP) is 7.49. The van der Waals surface area contributed by atoms with Crippen molar-refractivity contribution >= 4 is 39.7 Å². The number of halogens is 1. The third kappa shape index (κ3) is 3.95. The summed E-state index contributed by atoms with van der Waals surface area (Å²) < 4.78 is 11.7. The highest BCUT2D eigenvalue weighted by Gasteiger charge is 2.14. The number of H-pyrrole nitrogens is 1. The van der Waals surface area contributed by atoms with Gasteiger partial charge in [0, 0.05) is 11.1 Å². The van der Waals surface area contributed by atoms with Crippen LogP contribution in [-0.4, -0.2) is 26.0 Å². The Morgan fingerprint density at radius 3 is 2.50 bits per heavy atom. The fourth-order valence-corrected chi connectivity index (χ4v) is 4.34. The lowest BCUT2D eigenvalue weighted by molar-refractivity contribution is 0.0695. The molecule has 0 saturated carbocycles. The molecule has 7 nitrogen and oxygen atoms in total. The van der Waals surface area contributed by atoms with Crippen molar-refractivity contribution in [1.29, 1.82) is 0 Å². The highest BCUT2D eigenvalue weighted by Crippen LogP contribution is 2.34. The number of ether oxygens (including phenoxy) is 1. The van der Waals surface area contributed by atoms with Crippen LogP contribution in [0.3, 0.4) is 0 Å². The average molecular weight is 496 g/mol. The molecule has 0 saturated heterocycles.